The van der Waals surface area contributed by atoms with Crippen molar-refractivity contribution in [3.8, 4) is 0 Å². The van der Waals surface area contributed by atoms with Crippen molar-refractivity contribution in [1.82, 2.24) is 4.90 Å². The van der Waals surface area contributed by atoms with Gasteiger partial charge >= 0.3 is 7.12 Å². The van der Waals surface area contributed by atoms with Gasteiger partial charge in [0.05, 0.1) is 17.7 Å². The topological polar surface area (TPSA) is 77.8 Å². The summed E-state index contributed by atoms with van der Waals surface area (Å²) in [7, 11) is -1.53. The Balaban J connectivity index is 0.00000132. The third kappa shape index (κ3) is 2.35. The fourth-order valence-electron chi connectivity index (χ4n) is 2.36. The number of nitrogens with zero attached hydrogens (tertiary/aromatic N) is 1. The van der Waals surface area contributed by atoms with Crippen LogP contribution in [0.2, 0.25) is 0 Å². The summed E-state index contributed by atoms with van der Waals surface area (Å²) in [4.78, 5) is 25.6. The number of imide groups is 1. The number of benzene rings is 2. The van der Waals surface area contributed by atoms with Crippen LogP contribution in [0, 0.1) is 0 Å². The van der Waals surface area contributed by atoms with Crippen LogP contribution >= 0.6 is 0 Å². The molecule has 2 amide bonds. The number of amides is 2. The van der Waals surface area contributed by atoms with Gasteiger partial charge in [0.2, 0.25) is 0 Å². The smallest absolute Gasteiger partial charge is 0.423 e. The average molecular weight is 285 g/mol. The van der Waals surface area contributed by atoms with Crippen molar-refractivity contribution < 1.29 is 22.5 Å². The van der Waals surface area contributed by atoms with Crippen molar-refractivity contribution in [2.45, 2.75) is 6.54 Å². The Morgan fingerprint density at radius 3 is 1.90 bits per heavy atom. The van der Waals surface area contributed by atoms with Crippen molar-refractivity contribution in [3.63, 3.8) is 0 Å². The van der Waals surface area contributed by atoms with Crippen LogP contribution in [0.5, 0.6) is 0 Å². The van der Waals surface area contributed by atoms with Crippen LogP contribution in [0.4, 0.5) is 0 Å². The predicted octanol–water partition coefficient (Wildman–Crippen LogP) is 0.655. The van der Waals surface area contributed by atoms with Crippen LogP contribution in [-0.4, -0.2) is 33.9 Å². The number of hydrogen-bond donors (Lipinski definition) is 2. The van der Waals surface area contributed by atoms with Gasteiger partial charge in [-0.15, -0.1) is 0 Å². The molecular formula is C15H16BNO4. The number of carbonyl (C=O) groups is 2. The molecule has 0 spiro atoms. The summed E-state index contributed by atoms with van der Waals surface area (Å²) >= 11 is 0. The van der Waals surface area contributed by atoms with Gasteiger partial charge in [-0.1, -0.05) is 36.4 Å². The molecule has 1 heterocycles. The zero-order valence-corrected chi connectivity index (χ0v) is 11.1. The second-order valence-corrected chi connectivity index (χ2v) is 4.86. The van der Waals surface area contributed by atoms with Crippen LogP contribution < -0.4 is 5.46 Å². The van der Waals surface area contributed by atoms with Gasteiger partial charge in [0.15, 0.2) is 0 Å². The first-order valence-corrected chi connectivity index (χ1v) is 6.48. The zero-order chi connectivity index (χ0) is 15.0. The SMILES string of the molecule is O=C1c2ccccc2C(=O)N1Cc1ccc(B(O)O)cc1.[HH].[HH]. The highest BCUT2D eigenvalue weighted by Gasteiger charge is 2.34. The van der Waals surface area contributed by atoms with Crippen molar-refractivity contribution in [3.05, 3.63) is 65.2 Å². The summed E-state index contributed by atoms with van der Waals surface area (Å²) in [6.07, 6.45) is 0. The summed E-state index contributed by atoms with van der Waals surface area (Å²) in [5.41, 5.74) is 1.95. The molecule has 2 aromatic carbocycles. The molecule has 0 unspecified atom stereocenters. The molecule has 0 aromatic heterocycles. The molecule has 5 nitrogen and oxygen atoms in total. The number of rotatable bonds is 3. The molecule has 2 aromatic rings. The highest BCUT2D eigenvalue weighted by atomic mass is 16.4. The Labute approximate surface area is 124 Å². The Hall–Kier alpha value is -2.44. The van der Waals surface area contributed by atoms with E-state index in [1.807, 2.05) is 0 Å². The van der Waals surface area contributed by atoms with E-state index in [9.17, 15) is 9.59 Å². The van der Waals surface area contributed by atoms with E-state index in [0.717, 1.165) is 5.56 Å². The normalized spacial score (nSPS) is 13.5. The van der Waals surface area contributed by atoms with Crippen LogP contribution in [0.3, 0.4) is 0 Å². The molecule has 0 atom stereocenters. The lowest BCUT2D eigenvalue weighted by atomic mass is 9.80. The van der Waals surface area contributed by atoms with Gasteiger partial charge in [-0.05, 0) is 23.2 Å². The van der Waals surface area contributed by atoms with E-state index in [2.05, 4.69) is 0 Å². The standard InChI is InChI=1S/C15H12BNO4.2H2/c18-14-12-3-1-2-4-13(12)15(19)17(14)9-10-5-7-11(8-6-10)16(20)21;;/h1-8,20-21H,9H2;2*1H. The van der Waals surface area contributed by atoms with Gasteiger partial charge in [-0.25, -0.2) is 0 Å². The van der Waals surface area contributed by atoms with Gasteiger partial charge in [0, 0.05) is 2.85 Å². The molecule has 0 aliphatic carbocycles. The van der Waals surface area contributed by atoms with Gasteiger partial charge in [0.1, 0.15) is 0 Å². The lowest BCUT2D eigenvalue weighted by Gasteiger charge is -2.14. The maximum Gasteiger partial charge on any atom is 0.488 e. The molecule has 1 aliphatic rings. The zero-order valence-electron chi connectivity index (χ0n) is 11.1. The Morgan fingerprint density at radius 2 is 1.43 bits per heavy atom. The van der Waals surface area contributed by atoms with E-state index in [1.165, 1.54) is 4.90 Å². The molecule has 1 aliphatic heterocycles. The van der Waals surface area contributed by atoms with Gasteiger partial charge in [0.25, 0.3) is 11.8 Å². The predicted molar refractivity (Wildman–Crippen MR) is 81.1 cm³/mol. The van der Waals surface area contributed by atoms with Crippen LogP contribution in [0.15, 0.2) is 48.5 Å². The Morgan fingerprint density at radius 1 is 0.905 bits per heavy atom. The first-order valence-electron chi connectivity index (χ1n) is 6.48. The van der Waals surface area contributed by atoms with Crippen LogP contribution in [0.25, 0.3) is 0 Å². The van der Waals surface area contributed by atoms with Crippen molar-refractivity contribution >= 4 is 24.4 Å². The van der Waals surface area contributed by atoms with E-state index in [-0.39, 0.29) is 21.2 Å². The van der Waals surface area contributed by atoms with Crippen molar-refractivity contribution in [2.75, 3.05) is 0 Å². The van der Waals surface area contributed by atoms with Crippen molar-refractivity contribution in [1.29, 1.82) is 0 Å². The maximum absolute atomic E-state index is 12.2. The van der Waals surface area contributed by atoms with Gasteiger partial charge < -0.3 is 10.0 Å². The number of carbonyl (C=O) groups excluding carboxylic acids is 2. The van der Waals surface area contributed by atoms with E-state index in [1.54, 1.807) is 48.5 Å². The molecule has 108 valence electrons. The first-order chi connectivity index (χ1) is 10.1. The maximum atomic E-state index is 12.2. The third-order valence-corrected chi connectivity index (χ3v) is 3.50. The minimum Gasteiger partial charge on any atom is -0.423 e. The summed E-state index contributed by atoms with van der Waals surface area (Å²) in [6.45, 7) is 0.161. The van der Waals surface area contributed by atoms with Crippen LogP contribution in [-0.2, 0) is 6.54 Å². The molecule has 2 N–H and O–H groups in total. The quantitative estimate of drug-likeness (QED) is 0.641. The average Bonchev–Trinajstić information content (AvgIpc) is 2.73. The second kappa shape index (κ2) is 5.16. The Bertz CT molecular complexity index is 687. The molecule has 0 radical (unpaired) electrons. The monoisotopic (exact) mass is 285 g/mol. The lowest BCUT2D eigenvalue weighted by Crippen LogP contribution is -2.31. The summed E-state index contributed by atoms with van der Waals surface area (Å²) < 4.78 is 0. The summed E-state index contributed by atoms with van der Waals surface area (Å²) in [6, 6.07) is 13.2. The Kier molecular flexibility index (Phi) is 3.33. The molecule has 21 heavy (non-hydrogen) atoms. The lowest BCUT2D eigenvalue weighted by molar-refractivity contribution is 0.0642. The van der Waals surface area contributed by atoms with E-state index in [4.69, 9.17) is 10.0 Å². The fourth-order valence-corrected chi connectivity index (χ4v) is 2.36. The van der Waals surface area contributed by atoms with Gasteiger partial charge in [-0.2, -0.15) is 0 Å². The third-order valence-electron chi connectivity index (χ3n) is 3.50. The van der Waals surface area contributed by atoms with E-state index >= 15 is 0 Å². The van der Waals surface area contributed by atoms with E-state index in [0.29, 0.717) is 16.6 Å². The highest BCUT2D eigenvalue weighted by molar-refractivity contribution is 6.58. The second-order valence-electron chi connectivity index (χ2n) is 4.86. The number of fused-ring (bicyclic) bond motifs is 1. The highest BCUT2D eigenvalue weighted by Crippen LogP contribution is 2.23. The van der Waals surface area contributed by atoms with Crippen LogP contribution in [0.1, 0.15) is 29.1 Å². The fraction of sp³-hybridized carbons (Fsp3) is 0.0667. The summed E-state index contributed by atoms with van der Waals surface area (Å²) in [5, 5.41) is 18.1. The molecule has 0 bridgehead atoms. The minimum atomic E-state index is -1.53. The molecule has 0 fully saturated rings. The molecular weight excluding hydrogens is 269 g/mol. The molecule has 0 saturated carbocycles. The number of hydrogen-bond acceptors (Lipinski definition) is 4. The molecule has 6 heteroatoms. The van der Waals surface area contributed by atoms with E-state index < -0.39 is 7.12 Å². The first kappa shape index (κ1) is 13.5. The van der Waals surface area contributed by atoms with Gasteiger partial charge in [-0.3, -0.25) is 14.5 Å². The minimum absolute atomic E-state index is 0. The molecule has 0 saturated heterocycles. The van der Waals surface area contributed by atoms with Crippen molar-refractivity contribution in [2.24, 2.45) is 0 Å². The largest absolute Gasteiger partial charge is 0.488 e. The summed E-state index contributed by atoms with van der Waals surface area (Å²) in [5.74, 6) is -0.608. The molecule has 3 rings (SSSR count).